The van der Waals surface area contributed by atoms with E-state index < -0.39 is 34.2 Å². The van der Waals surface area contributed by atoms with Crippen molar-refractivity contribution in [1.82, 2.24) is 14.5 Å². The van der Waals surface area contributed by atoms with Crippen LogP contribution in [0, 0.1) is 13.8 Å². The first-order valence-electron chi connectivity index (χ1n) is 14.2. The minimum Gasteiger partial charge on any atom is -0.497 e. The number of anilines is 1. The average molecular weight is 609 g/mol. The van der Waals surface area contributed by atoms with E-state index in [1.165, 1.54) is 19.0 Å². The van der Waals surface area contributed by atoms with Crippen molar-refractivity contribution < 1.29 is 22.7 Å². The average Bonchev–Trinajstić information content (AvgIpc) is 2.94. The first-order valence-corrected chi connectivity index (χ1v) is 15.6. The van der Waals surface area contributed by atoms with E-state index in [0.717, 1.165) is 25.3 Å². The van der Waals surface area contributed by atoms with Crippen LogP contribution in [0.25, 0.3) is 0 Å². The summed E-state index contributed by atoms with van der Waals surface area (Å²) in [5.41, 5.74) is 3.01. The normalized spacial score (nSPS) is 12.5. The maximum atomic E-state index is 14.4. The molecule has 0 spiro atoms. The van der Waals surface area contributed by atoms with Gasteiger partial charge in [-0.15, -0.1) is 0 Å². The Hall–Kier alpha value is -3.89. The molecule has 0 bridgehead atoms. The Morgan fingerprint density at radius 2 is 1.56 bits per heavy atom. The van der Waals surface area contributed by atoms with E-state index in [4.69, 9.17) is 4.74 Å². The van der Waals surface area contributed by atoms with E-state index in [9.17, 15) is 18.0 Å². The molecule has 0 unspecified atom stereocenters. The monoisotopic (exact) mass is 608 g/mol. The number of carbonyl (C=O) groups excluding carboxylic acids is 2. The van der Waals surface area contributed by atoms with Crippen molar-refractivity contribution in [2.24, 2.45) is 0 Å². The smallest absolute Gasteiger partial charge is 0.304 e. The molecule has 3 rings (SSSR count). The van der Waals surface area contributed by atoms with E-state index in [0.29, 0.717) is 17.0 Å². The fraction of sp³-hybridized carbons (Fsp3) is 0.394. The molecule has 0 aliphatic rings. The highest BCUT2D eigenvalue weighted by atomic mass is 32.2. The minimum atomic E-state index is -4.08. The summed E-state index contributed by atoms with van der Waals surface area (Å²) in [6.45, 7) is 8.88. The minimum absolute atomic E-state index is 0.0632. The van der Waals surface area contributed by atoms with Gasteiger partial charge < -0.3 is 15.0 Å². The van der Waals surface area contributed by atoms with Crippen LogP contribution in [-0.2, 0) is 32.8 Å². The lowest BCUT2D eigenvalue weighted by molar-refractivity contribution is -0.140. The fourth-order valence-corrected chi connectivity index (χ4v) is 5.78. The summed E-state index contributed by atoms with van der Waals surface area (Å²) in [5, 5.41) is 3.04. The molecule has 0 saturated carbocycles. The molecule has 0 fully saturated rings. The van der Waals surface area contributed by atoms with Gasteiger partial charge in [-0.25, -0.2) is 4.31 Å². The maximum absolute atomic E-state index is 14.4. The van der Waals surface area contributed by atoms with Gasteiger partial charge in [0.2, 0.25) is 11.8 Å². The van der Waals surface area contributed by atoms with Gasteiger partial charge in [0.05, 0.1) is 12.8 Å². The summed E-state index contributed by atoms with van der Waals surface area (Å²) >= 11 is 0. The topological polar surface area (TPSA) is 99.3 Å². The third-order valence-electron chi connectivity index (χ3n) is 6.91. The van der Waals surface area contributed by atoms with Gasteiger partial charge in [-0.2, -0.15) is 12.7 Å². The maximum Gasteiger partial charge on any atom is 0.304 e. The van der Waals surface area contributed by atoms with Crippen molar-refractivity contribution in [3.05, 3.63) is 95.1 Å². The van der Waals surface area contributed by atoms with E-state index in [1.54, 1.807) is 32.2 Å². The van der Waals surface area contributed by atoms with Crippen molar-refractivity contribution in [1.29, 1.82) is 0 Å². The highest BCUT2D eigenvalue weighted by Crippen LogP contribution is 2.27. The Bertz CT molecular complexity index is 1520. The number of nitrogens with zero attached hydrogens (tertiary/aromatic N) is 3. The van der Waals surface area contributed by atoms with Crippen LogP contribution in [0.5, 0.6) is 5.75 Å². The van der Waals surface area contributed by atoms with E-state index in [-0.39, 0.29) is 18.9 Å². The molecule has 9 nitrogen and oxygen atoms in total. The molecule has 3 aromatic rings. The summed E-state index contributed by atoms with van der Waals surface area (Å²) in [7, 11) is 0.345. The lowest BCUT2D eigenvalue weighted by Crippen LogP contribution is -2.56. The fourth-order valence-electron chi connectivity index (χ4n) is 4.66. The molecule has 0 radical (unpaired) electrons. The summed E-state index contributed by atoms with van der Waals surface area (Å²) in [5.74, 6) is -0.239. The highest BCUT2D eigenvalue weighted by Gasteiger charge is 2.36. The number of rotatable bonds is 12. The molecule has 1 N–H and O–H groups in total. The predicted molar refractivity (Wildman–Crippen MR) is 171 cm³/mol. The first-order chi connectivity index (χ1) is 20.1. The molecule has 0 heterocycles. The molecule has 10 heteroatoms. The van der Waals surface area contributed by atoms with Crippen LogP contribution in [0.2, 0.25) is 0 Å². The molecule has 2 amide bonds. The van der Waals surface area contributed by atoms with Gasteiger partial charge >= 0.3 is 10.2 Å². The van der Waals surface area contributed by atoms with Crippen LogP contribution >= 0.6 is 0 Å². The largest absolute Gasteiger partial charge is 0.497 e. The van der Waals surface area contributed by atoms with E-state index in [2.05, 4.69) is 5.32 Å². The van der Waals surface area contributed by atoms with Crippen LogP contribution in [0.3, 0.4) is 0 Å². The van der Waals surface area contributed by atoms with Gasteiger partial charge in [-0.1, -0.05) is 54.6 Å². The standard InChI is InChI=1S/C33H44N4O5S/c1-24-17-18-25(2)29(19-24)37(43(40,41)35(6)7)23-31(38)36(22-27-15-12-16-28(20-27)42-8)30(32(39)34-33(3,4)5)21-26-13-10-9-11-14-26/h9-20,30H,21-23H2,1-8H3,(H,34,39)/t30-/m1/s1. The van der Waals surface area contributed by atoms with Gasteiger partial charge in [0.1, 0.15) is 18.3 Å². The number of ether oxygens (including phenoxy) is 1. The zero-order valence-electron chi connectivity index (χ0n) is 26.4. The second kappa shape index (κ2) is 14.1. The van der Waals surface area contributed by atoms with Gasteiger partial charge in [0.15, 0.2) is 0 Å². The second-order valence-electron chi connectivity index (χ2n) is 11.9. The van der Waals surface area contributed by atoms with Crippen LogP contribution in [0.1, 0.15) is 43.0 Å². The molecule has 0 saturated heterocycles. The van der Waals surface area contributed by atoms with Gasteiger partial charge in [0.25, 0.3) is 0 Å². The lowest BCUT2D eigenvalue weighted by Gasteiger charge is -2.36. The first kappa shape index (κ1) is 33.6. The number of benzene rings is 3. The van der Waals surface area contributed by atoms with E-state index >= 15 is 0 Å². The van der Waals surface area contributed by atoms with Crippen molar-refractivity contribution in [2.45, 2.75) is 59.2 Å². The number of hydrogen-bond donors (Lipinski definition) is 1. The summed E-state index contributed by atoms with van der Waals surface area (Å²) in [6, 6.07) is 21.3. The summed E-state index contributed by atoms with van der Waals surface area (Å²) in [4.78, 5) is 29.8. The molecular formula is C33H44N4O5S. The van der Waals surface area contributed by atoms with Gasteiger partial charge in [-0.05, 0) is 75.1 Å². The Morgan fingerprint density at radius 3 is 2.16 bits per heavy atom. The predicted octanol–water partition coefficient (Wildman–Crippen LogP) is 4.48. The van der Waals surface area contributed by atoms with Crippen molar-refractivity contribution in [2.75, 3.05) is 32.1 Å². The molecule has 0 aliphatic carbocycles. The SMILES string of the molecule is COc1cccc(CN(C(=O)CN(c2cc(C)ccc2C)S(=O)(=O)N(C)C)[C@H](Cc2ccccc2)C(=O)NC(C)(C)C)c1. The molecule has 0 aromatic heterocycles. The van der Waals surface area contributed by atoms with E-state index in [1.807, 2.05) is 82.3 Å². The number of amides is 2. The van der Waals surface area contributed by atoms with Crippen molar-refractivity contribution in [3.63, 3.8) is 0 Å². The number of hydrogen-bond acceptors (Lipinski definition) is 5. The third kappa shape index (κ3) is 9.05. The van der Waals surface area contributed by atoms with Crippen LogP contribution in [0.15, 0.2) is 72.8 Å². The molecule has 3 aromatic carbocycles. The molecule has 43 heavy (non-hydrogen) atoms. The number of carbonyl (C=O) groups is 2. The Kier molecular flexibility index (Phi) is 11.0. The molecule has 1 atom stereocenters. The van der Waals surface area contributed by atoms with Crippen molar-refractivity contribution in [3.8, 4) is 5.75 Å². The summed E-state index contributed by atoms with van der Waals surface area (Å²) < 4.78 is 34.9. The number of methoxy groups -OCH3 is 1. The molecule has 232 valence electrons. The second-order valence-corrected chi connectivity index (χ2v) is 14.0. The van der Waals surface area contributed by atoms with Crippen LogP contribution in [0.4, 0.5) is 5.69 Å². The van der Waals surface area contributed by atoms with Gasteiger partial charge in [-0.3, -0.25) is 9.59 Å². The van der Waals surface area contributed by atoms with Crippen LogP contribution in [-0.4, -0.2) is 68.8 Å². The highest BCUT2D eigenvalue weighted by molar-refractivity contribution is 7.90. The zero-order chi connectivity index (χ0) is 31.9. The number of nitrogens with one attached hydrogen (secondary N) is 1. The zero-order valence-corrected chi connectivity index (χ0v) is 27.2. The quantitative estimate of drug-likeness (QED) is 0.327. The van der Waals surface area contributed by atoms with Crippen molar-refractivity contribution >= 4 is 27.7 Å². The number of aryl methyl sites for hydroxylation is 2. The molecular weight excluding hydrogens is 564 g/mol. The van der Waals surface area contributed by atoms with Crippen LogP contribution < -0.4 is 14.4 Å². The molecule has 0 aliphatic heterocycles. The Labute approximate surface area is 256 Å². The summed E-state index contributed by atoms with van der Waals surface area (Å²) in [6.07, 6.45) is 0.238. The Balaban J connectivity index is 2.16. The Morgan fingerprint density at radius 1 is 0.907 bits per heavy atom. The van der Waals surface area contributed by atoms with Gasteiger partial charge in [0, 0.05) is 32.6 Å². The lowest BCUT2D eigenvalue weighted by atomic mass is 10.0. The third-order valence-corrected chi connectivity index (χ3v) is 8.71.